The first-order chi connectivity index (χ1) is 20.5. The van der Waals surface area contributed by atoms with Crippen LogP contribution in [-0.4, -0.2) is 11.7 Å². The van der Waals surface area contributed by atoms with Crippen molar-refractivity contribution in [3.8, 4) is 0 Å². The third kappa shape index (κ3) is 36.2. The van der Waals surface area contributed by atoms with E-state index < -0.39 is 0 Å². The Labute approximate surface area is 268 Å². The van der Waals surface area contributed by atoms with Crippen LogP contribution in [-0.2, 0) is 4.74 Å². The van der Waals surface area contributed by atoms with Crippen LogP contribution in [0.1, 0.15) is 253 Å². The van der Waals surface area contributed by atoms with E-state index in [9.17, 15) is 0 Å². The number of unbranched alkanes of at least 4 members (excludes halogenated alkanes) is 30. The van der Waals surface area contributed by atoms with Crippen LogP contribution in [0.2, 0.25) is 0 Å². The molecule has 0 aliphatic carbocycles. The lowest BCUT2D eigenvalue weighted by molar-refractivity contribution is -0.0677. The van der Waals surface area contributed by atoms with Gasteiger partial charge >= 0.3 is 0 Å². The lowest BCUT2D eigenvalue weighted by Gasteiger charge is -2.28. The van der Waals surface area contributed by atoms with Crippen LogP contribution < -0.4 is 0 Å². The molecule has 254 valence electrons. The van der Waals surface area contributed by atoms with Gasteiger partial charge in [0.1, 0.15) is 0 Å². The van der Waals surface area contributed by atoms with E-state index in [0.717, 1.165) is 0 Å². The maximum absolute atomic E-state index is 6.49. The summed E-state index contributed by atoms with van der Waals surface area (Å²) in [5.74, 6) is 0. The number of hydrogen-bond donors (Lipinski definition) is 0. The predicted octanol–water partition coefficient (Wildman–Crippen LogP) is 15.5. The molecule has 1 heteroatoms. The molecule has 1 nitrogen and oxygen atoms in total. The number of hydrogen-bond acceptors (Lipinski definition) is 1. The summed E-state index contributed by atoms with van der Waals surface area (Å²) in [6, 6.07) is 0. The summed E-state index contributed by atoms with van der Waals surface area (Å²) >= 11 is 0. The molecule has 0 radical (unpaired) electrons. The monoisotopic (exact) mass is 593 g/mol. The molecule has 0 rings (SSSR count). The van der Waals surface area contributed by atoms with Crippen LogP contribution in [0.25, 0.3) is 0 Å². The summed E-state index contributed by atoms with van der Waals surface area (Å²) in [6.45, 7) is 11.3. The molecule has 0 saturated heterocycles. The van der Waals surface area contributed by atoms with E-state index in [1.807, 2.05) is 0 Å². The van der Waals surface area contributed by atoms with Crippen molar-refractivity contribution in [1.82, 2.24) is 0 Å². The van der Waals surface area contributed by atoms with E-state index >= 15 is 0 Å². The zero-order chi connectivity index (χ0) is 30.8. The Balaban J connectivity index is 3.57. The Morgan fingerprint density at radius 1 is 0.310 bits per heavy atom. The first-order valence-electron chi connectivity index (χ1n) is 20.2. The average Bonchev–Trinajstić information content (AvgIpc) is 2.95. The maximum atomic E-state index is 6.49. The van der Waals surface area contributed by atoms with Crippen LogP contribution in [0.15, 0.2) is 0 Å². The van der Waals surface area contributed by atoms with Gasteiger partial charge in [-0.1, -0.05) is 219 Å². The van der Waals surface area contributed by atoms with Crippen LogP contribution in [0.3, 0.4) is 0 Å². The molecular formula is C41H84O. The quantitative estimate of drug-likeness (QED) is 0.0665. The number of ether oxygens (including phenoxy) is 1. The van der Waals surface area contributed by atoms with Crippen LogP contribution >= 0.6 is 0 Å². The minimum absolute atomic E-state index is 0.00519. The van der Waals surface area contributed by atoms with Gasteiger partial charge in [-0.05, 0) is 33.6 Å². The van der Waals surface area contributed by atoms with Gasteiger partial charge in [0.25, 0.3) is 0 Å². The molecule has 0 aliphatic heterocycles. The fourth-order valence-electron chi connectivity index (χ4n) is 6.60. The Morgan fingerprint density at radius 3 is 0.690 bits per heavy atom. The molecule has 0 amide bonds. The standard InChI is InChI=1S/C41H84O/c1-6-8-10-12-14-16-18-20-22-24-26-28-30-32-34-36-38-40(42-41(3,4)5)39-37-35-33-31-29-27-25-23-21-19-17-15-13-11-9-7-2/h40H,6-39H2,1-5H3. The maximum Gasteiger partial charge on any atom is 0.0602 e. The third-order valence-corrected chi connectivity index (χ3v) is 9.28. The van der Waals surface area contributed by atoms with Gasteiger partial charge in [-0.2, -0.15) is 0 Å². The molecule has 0 saturated carbocycles. The van der Waals surface area contributed by atoms with Crippen LogP contribution in [0, 0.1) is 0 Å². The molecule has 0 heterocycles. The SMILES string of the molecule is CCCCCCCCCCCCCCCCCCC(CCCCCCCCCCCCCCCCCC)OC(C)(C)C. The normalized spacial score (nSPS) is 12.1. The minimum atomic E-state index is -0.00519. The lowest BCUT2D eigenvalue weighted by atomic mass is 10.00. The van der Waals surface area contributed by atoms with Gasteiger partial charge in [0, 0.05) is 0 Å². The van der Waals surface area contributed by atoms with E-state index in [1.165, 1.54) is 218 Å². The predicted molar refractivity (Wildman–Crippen MR) is 193 cm³/mol. The van der Waals surface area contributed by atoms with Gasteiger partial charge in [-0.25, -0.2) is 0 Å². The molecule has 0 bridgehead atoms. The summed E-state index contributed by atoms with van der Waals surface area (Å²) in [7, 11) is 0. The molecular weight excluding hydrogens is 508 g/mol. The van der Waals surface area contributed by atoms with Crippen LogP contribution in [0.5, 0.6) is 0 Å². The first kappa shape index (κ1) is 42.0. The van der Waals surface area contributed by atoms with Crippen molar-refractivity contribution in [2.45, 2.75) is 265 Å². The highest BCUT2D eigenvalue weighted by molar-refractivity contribution is 4.67. The van der Waals surface area contributed by atoms with Gasteiger partial charge in [-0.3, -0.25) is 0 Å². The van der Waals surface area contributed by atoms with Crippen molar-refractivity contribution >= 4 is 0 Å². The van der Waals surface area contributed by atoms with E-state index in [2.05, 4.69) is 34.6 Å². The summed E-state index contributed by atoms with van der Waals surface area (Å²) in [4.78, 5) is 0. The second kappa shape index (κ2) is 33.8. The molecule has 0 fully saturated rings. The molecule has 42 heavy (non-hydrogen) atoms. The third-order valence-electron chi connectivity index (χ3n) is 9.28. The van der Waals surface area contributed by atoms with Crippen LogP contribution in [0.4, 0.5) is 0 Å². The summed E-state index contributed by atoms with van der Waals surface area (Å²) in [5, 5.41) is 0. The van der Waals surface area contributed by atoms with Gasteiger partial charge in [-0.15, -0.1) is 0 Å². The van der Waals surface area contributed by atoms with E-state index in [0.29, 0.717) is 6.10 Å². The van der Waals surface area contributed by atoms with Crippen molar-refractivity contribution in [3.63, 3.8) is 0 Å². The largest absolute Gasteiger partial charge is 0.373 e. The van der Waals surface area contributed by atoms with Gasteiger partial charge < -0.3 is 4.74 Å². The highest BCUT2D eigenvalue weighted by Gasteiger charge is 2.18. The second-order valence-corrected chi connectivity index (χ2v) is 15.0. The summed E-state index contributed by atoms with van der Waals surface area (Å²) < 4.78 is 6.49. The molecule has 0 aromatic rings. The van der Waals surface area contributed by atoms with E-state index in [1.54, 1.807) is 0 Å². The summed E-state index contributed by atoms with van der Waals surface area (Å²) in [6.07, 6.45) is 49.3. The highest BCUT2D eigenvalue weighted by atomic mass is 16.5. The fraction of sp³-hybridized carbons (Fsp3) is 1.00. The zero-order valence-electron chi connectivity index (χ0n) is 30.5. The minimum Gasteiger partial charge on any atom is -0.373 e. The average molecular weight is 593 g/mol. The molecule has 0 unspecified atom stereocenters. The Bertz CT molecular complexity index is 442. The Kier molecular flexibility index (Phi) is 33.8. The van der Waals surface area contributed by atoms with E-state index in [4.69, 9.17) is 4.74 Å². The molecule has 0 aliphatic rings. The first-order valence-corrected chi connectivity index (χ1v) is 20.2. The lowest BCUT2D eigenvalue weighted by Crippen LogP contribution is -2.27. The topological polar surface area (TPSA) is 9.23 Å². The second-order valence-electron chi connectivity index (χ2n) is 15.0. The van der Waals surface area contributed by atoms with Crippen molar-refractivity contribution in [3.05, 3.63) is 0 Å². The van der Waals surface area contributed by atoms with Gasteiger partial charge in [0.2, 0.25) is 0 Å². The van der Waals surface area contributed by atoms with Gasteiger partial charge in [0.15, 0.2) is 0 Å². The van der Waals surface area contributed by atoms with Crippen molar-refractivity contribution in [2.24, 2.45) is 0 Å². The zero-order valence-corrected chi connectivity index (χ0v) is 30.5. The molecule has 0 spiro atoms. The van der Waals surface area contributed by atoms with Crippen molar-refractivity contribution in [2.75, 3.05) is 0 Å². The molecule has 0 N–H and O–H groups in total. The molecule has 0 aromatic carbocycles. The summed E-state index contributed by atoms with van der Waals surface area (Å²) in [5.41, 5.74) is -0.00519. The van der Waals surface area contributed by atoms with E-state index in [-0.39, 0.29) is 5.60 Å². The Morgan fingerprint density at radius 2 is 0.500 bits per heavy atom. The fourth-order valence-corrected chi connectivity index (χ4v) is 6.60. The number of rotatable bonds is 35. The van der Waals surface area contributed by atoms with Gasteiger partial charge in [0.05, 0.1) is 11.7 Å². The van der Waals surface area contributed by atoms with Crippen molar-refractivity contribution in [1.29, 1.82) is 0 Å². The smallest absolute Gasteiger partial charge is 0.0602 e. The Hall–Kier alpha value is -0.0400. The molecule has 0 aromatic heterocycles. The highest BCUT2D eigenvalue weighted by Crippen LogP contribution is 2.22. The van der Waals surface area contributed by atoms with Crippen molar-refractivity contribution < 1.29 is 4.74 Å². The molecule has 0 atom stereocenters.